The third-order valence-electron chi connectivity index (χ3n) is 2.10. The maximum absolute atomic E-state index is 11.0. The molecule has 1 heterocycles. The number of rotatable bonds is 3. The molecule has 0 saturated heterocycles. The lowest BCUT2D eigenvalue weighted by Crippen LogP contribution is -2.02. The molecule has 0 saturated carbocycles. The van der Waals surface area contributed by atoms with Gasteiger partial charge in [-0.25, -0.2) is 9.78 Å². The zero-order valence-corrected chi connectivity index (χ0v) is 11.8. The molecule has 0 unspecified atom stereocenters. The summed E-state index contributed by atoms with van der Waals surface area (Å²) < 4.78 is 6.35. The second kappa shape index (κ2) is 5.53. The Labute approximate surface area is 122 Å². The lowest BCUT2D eigenvalue weighted by Gasteiger charge is -2.09. The Hall–Kier alpha value is -1.34. The van der Waals surface area contributed by atoms with Gasteiger partial charge in [-0.1, -0.05) is 23.7 Å². The number of pyridine rings is 1. The second-order valence-electron chi connectivity index (χ2n) is 3.32. The van der Waals surface area contributed by atoms with Crippen LogP contribution < -0.4 is 4.74 Å². The molecule has 0 aliphatic heterocycles. The number of carbonyl (C=O) groups is 1. The SMILES string of the molecule is O=C(O)c1ccc(Cl)nc1Oc1ccccc1I. The van der Waals surface area contributed by atoms with Crippen molar-refractivity contribution in [2.45, 2.75) is 0 Å². The quantitative estimate of drug-likeness (QED) is 0.654. The molecule has 6 heteroatoms. The van der Waals surface area contributed by atoms with E-state index in [0.717, 1.165) is 3.57 Å². The molecule has 0 fully saturated rings. The van der Waals surface area contributed by atoms with E-state index in [1.54, 1.807) is 12.1 Å². The number of para-hydroxylation sites is 1. The number of nitrogens with zero attached hydrogens (tertiary/aromatic N) is 1. The second-order valence-corrected chi connectivity index (χ2v) is 4.87. The molecule has 92 valence electrons. The number of halogens is 2. The normalized spacial score (nSPS) is 10.1. The van der Waals surface area contributed by atoms with Gasteiger partial charge in [-0.05, 0) is 46.9 Å². The zero-order chi connectivity index (χ0) is 13.1. The van der Waals surface area contributed by atoms with Crippen molar-refractivity contribution >= 4 is 40.2 Å². The Kier molecular flexibility index (Phi) is 4.03. The van der Waals surface area contributed by atoms with Crippen molar-refractivity contribution in [3.8, 4) is 11.6 Å². The highest BCUT2D eigenvalue weighted by Gasteiger charge is 2.15. The van der Waals surface area contributed by atoms with E-state index in [-0.39, 0.29) is 16.6 Å². The molecule has 0 aliphatic rings. The standard InChI is InChI=1S/C12H7ClINO3/c13-10-6-5-7(12(16)17)11(15-10)18-9-4-2-1-3-8(9)14/h1-6H,(H,16,17). The number of hydrogen-bond acceptors (Lipinski definition) is 3. The van der Waals surface area contributed by atoms with Crippen LogP contribution in [0.2, 0.25) is 5.15 Å². The van der Waals surface area contributed by atoms with Crippen molar-refractivity contribution in [3.05, 3.63) is 50.7 Å². The molecule has 18 heavy (non-hydrogen) atoms. The van der Waals surface area contributed by atoms with E-state index >= 15 is 0 Å². The molecule has 2 aromatic rings. The summed E-state index contributed by atoms with van der Waals surface area (Å²) in [4.78, 5) is 14.9. The van der Waals surface area contributed by atoms with Gasteiger partial charge in [-0.15, -0.1) is 0 Å². The van der Waals surface area contributed by atoms with Crippen LogP contribution >= 0.6 is 34.2 Å². The van der Waals surface area contributed by atoms with Crippen LogP contribution in [0.15, 0.2) is 36.4 Å². The van der Waals surface area contributed by atoms with Gasteiger partial charge in [-0.3, -0.25) is 0 Å². The van der Waals surface area contributed by atoms with Crippen molar-refractivity contribution in [1.82, 2.24) is 4.98 Å². The fourth-order valence-corrected chi connectivity index (χ4v) is 1.93. The predicted octanol–water partition coefficient (Wildman–Crippen LogP) is 3.83. The van der Waals surface area contributed by atoms with Gasteiger partial charge in [0.1, 0.15) is 16.5 Å². The number of carboxylic acid groups (broad SMARTS) is 1. The smallest absolute Gasteiger partial charge is 0.341 e. The largest absolute Gasteiger partial charge is 0.477 e. The van der Waals surface area contributed by atoms with E-state index in [0.29, 0.717) is 5.75 Å². The van der Waals surface area contributed by atoms with Crippen LogP contribution in [0, 0.1) is 3.57 Å². The Morgan fingerprint density at radius 1 is 1.28 bits per heavy atom. The van der Waals surface area contributed by atoms with Crippen LogP contribution in [0.25, 0.3) is 0 Å². The van der Waals surface area contributed by atoms with E-state index in [1.165, 1.54) is 12.1 Å². The first-order chi connectivity index (χ1) is 8.58. The molecule has 1 aromatic carbocycles. The highest BCUT2D eigenvalue weighted by molar-refractivity contribution is 14.1. The van der Waals surface area contributed by atoms with Crippen molar-refractivity contribution in [2.24, 2.45) is 0 Å². The van der Waals surface area contributed by atoms with Crippen molar-refractivity contribution < 1.29 is 14.6 Å². The van der Waals surface area contributed by atoms with Crippen LogP contribution in [0.1, 0.15) is 10.4 Å². The number of aromatic nitrogens is 1. The van der Waals surface area contributed by atoms with Gasteiger partial charge in [0.2, 0.25) is 5.88 Å². The third kappa shape index (κ3) is 2.91. The van der Waals surface area contributed by atoms with Gasteiger partial charge >= 0.3 is 5.97 Å². The Morgan fingerprint density at radius 3 is 2.67 bits per heavy atom. The summed E-state index contributed by atoms with van der Waals surface area (Å²) in [5.74, 6) is -0.588. The molecule has 0 radical (unpaired) electrons. The summed E-state index contributed by atoms with van der Waals surface area (Å²) in [6, 6.07) is 10.0. The Morgan fingerprint density at radius 2 is 2.00 bits per heavy atom. The summed E-state index contributed by atoms with van der Waals surface area (Å²) in [6.45, 7) is 0. The first-order valence-electron chi connectivity index (χ1n) is 4.90. The molecule has 0 atom stereocenters. The average Bonchev–Trinajstić information content (AvgIpc) is 2.32. The topological polar surface area (TPSA) is 59.4 Å². The Balaban J connectivity index is 2.42. The van der Waals surface area contributed by atoms with Gasteiger partial charge in [0.15, 0.2) is 0 Å². The van der Waals surface area contributed by atoms with Crippen LogP contribution in [-0.4, -0.2) is 16.1 Å². The maximum atomic E-state index is 11.0. The minimum absolute atomic E-state index is 0.0147. The van der Waals surface area contributed by atoms with Crippen molar-refractivity contribution in [2.75, 3.05) is 0 Å². The van der Waals surface area contributed by atoms with E-state index in [9.17, 15) is 4.79 Å². The van der Waals surface area contributed by atoms with Crippen LogP contribution in [0.3, 0.4) is 0 Å². The third-order valence-corrected chi connectivity index (χ3v) is 3.20. The summed E-state index contributed by atoms with van der Waals surface area (Å²) >= 11 is 7.83. The van der Waals surface area contributed by atoms with Crippen LogP contribution in [-0.2, 0) is 0 Å². The molecule has 1 aromatic heterocycles. The fraction of sp³-hybridized carbons (Fsp3) is 0. The van der Waals surface area contributed by atoms with Crippen LogP contribution in [0.4, 0.5) is 0 Å². The van der Waals surface area contributed by atoms with Crippen molar-refractivity contribution in [3.63, 3.8) is 0 Å². The minimum atomic E-state index is -1.11. The number of carboxylic acids is 1. The van der Waals surface area contributed by atoms with Crippen LogP contribution in [0.5, 0.6) is 11.6 Å². The average molecular weight is 376 g/mol. The molecule has 1 N–H and O–H groups in total. The summed E-state index contributed by atoms with van der Waals surface area (Å²) in [5.41, 5.74) is -0.0287. The maximum Gasteiger partial charge on any atom is 0.341 e. The van der Waals surface area contributed by atoms with E-state index in [4.69, 9.17) is 21.4 Å². The van der Waals surface area contributed by atoms with E-state index in [1.807, 2.05) is 12.1 Å². The van der Waals surface area contributed by atoms with E-state index < -0.39 is 5.97 Å². The summed E-state index contributed by atoms with van der Waals surface area (Å²) in [5, 5.41) is 9.22. The number of benzene rings is 1. The summed E-state index contributed by atoms with van der Waals surface area (Å²) in [7, 11) is 0. The predicted molar refractivity (Wildman–Crippen MR) is 75.4 cm³/mol. The molecule has 0 amide bonds. The number of ether oxygens (including phenoxy) is 1. The number of aromatic carboxylic acids is 1. The molecule has 2 rings (SSSR count). The van der Waals surface area contributed by atoms with Gasteiger partial charge in [0.05, 0.1) is 3.57 Å². The molecule has 4 nitrogen and oxygen atoms in total. The van der Waals surface area contributed by atoms with Gasteiger partial charge in [0, 0.05) is 0 Å². The summed E-state index contributed by atoms with van der Waals surface area (Å²) in [6.07, 6.45) is 0. The van der Waals surface area contributed by atoms with Gasteiger partial charge in [0.25, 0.3) is 0 Å². The Bertz CT molecular complexity index is 604. The first kappa shape index (κ1) is 13.1. The lowest BCUT2D eigenvalue weighted by molar-refractivity contribution is 0.0693. The molecule has 0 spiro atoms. The van der Waals surface area contributed by atoms with Gasteiger partial charge < -0.3 is 9.84 Å². The molecule has 0 aliphatic carbocycles. The van der Waals surface area contributed by atoms with E-state index in [2.05, 4.69) is 27.6 Å². The lowest BCUT2D eigenvalue weighted by atomic mass is 10.3. The highest BCUT2D eigenvalue weighted by Crippen LogP contribution is 2.28. The first-order valence-corrected chi connectivity index (χ1v) is 6.36. The molecular formula is C12H7ClINO3. The monoisotopic (exact) mass is 375 g/mol. The number of hydrogen-bond donors (Lipinski definition) is 1. The minimum Gasteiger partial charge on any atom is -0.477 e. The zero-order valence-electron chi connectivity index (χ0n) is 8.93. The molecule has 0 bridgehead atoms. The molecular weight excluding hydrogens is 368 g/mol. The van der Waals surface area contributed by atoms with Crippen molar-refractivity contribution in [1.29, 1.82) is 0 Å². The van der Waals surface area contributed by atoms with Gasteiger partial charge in [-0.2, -0.15) is 0 Å². The highest BCUT2D eigenvalue weighted by atomic mass is 127. The fourth-order valence-electron chi connectivity index (χ4n) is 1.29.